The third kappa shape index (κ3) is 0.681. The zero-order chi connectivity index (χ0) is 9.09. The molecule has 0 N–H and O–H groups in total. The van der Waals surface area contributed by atoms with Gasteiger partial charge in [-0.1, -0.05) is 27.7 Å². The third-order valence-electron chi connectivity index (χ3n) is 4.46. The van der Waals surface area contributed by atoms with Crippen LogP contribution in [-0.4, -0.2) is 5.78 Å². The lowest BCUT2D eigenvalue weighted by molar-refractivity contribution is -0.125. The molecule has 4 atom stereocenters. The fourth-order valence-corrected chi connectivity index (χ4v) is 3.48. The van der Waals surface area contributed by atoms with E-state index in [4.69, 9.17) is 0 Å². The Hall–Kier alpha value is -0.330. The quantitative estimate of drug-likeness (QED) is 0.585. The van der Waals surface area contributed by atoms with Crippen LogP contribution in [0.25, 0.3) is 0 Å². The number of hydrogen-bond acceptors (Lipinski definition) is 1. The first-order valence-electron chi connectivity index (χ1n) is 5.05. The molecule has 0 saturated heterocycles. The predicted octanol–water partition coefficient (Wildman–Crippen LogP) is 2.50. The summed E-state index contributed by atoms with van der Waals surface area (Å²) in [7, 11) is 0. The van der Waals surface area contributed by atoms with Crippen molar-refractivity contribution in [3.05, 3.63) is 0 Å². The van der Waals surface area contributed by atoms with E-state index in [0.717, 1.165) is 5.92 Å². The average molecular weight is 166 g/mol. The van der Waals surface area contributed by atoms with Gasteiger partial charge < -0.3 is 0 Å². The van der Waals surface area contributed by atoms with Crippen molar-refractivity contribution in [3.8, 4) is 0 Å². The summed E-state index contributed by atoms with van der Waals surface area (Å²) in [6.07, 6.45) is 1.30. The van der Waals surface area contributed by atoms with Crippen molar-refractivity contribution in [1.82, 2.24) is 0 Å². The molecule has 0 aromatic heterocycles. The Kier molecular flexibility index (Phi) is 1.47. The summed E-state index contributed by atoms with van der Waals surface area (Å²) in [6.45, 7) is 8.77. The summed E-state index contributed by atoms with van der Waals surface area (Å²) >= 11 is 0. The Morgan fingerprint density at radius 1 is 1.42 bits per heavy atom. The second-order valence-electron chi connectivity index (χ2n) is 4.99. The molecule has 68 valence electrons. The van der Waals surface area contributed by atoms with Crippen LogP contribution < -0.4 is 0 Å². The van der Waals surface area contributed by atoms with Gasteiger partial charge in [-0.05, 0) is 23.7 Å². The fourth-order valence-electron chi connectivity index (χ4n) is 3.48. The third-order valence-corrected chi connectivity index (χ3v) is 4.46. The number of rotatable bonds is 1. The highest BCUT2D eigenvalue weighted by atomic mass is 16.1. The maximum Gasteiger partial charge on any atom is 0.139 e. The summed E-state index contributed by atoms with van der Waals surface area (Å²) in [4.78, 5) is 11.7. The van der Waals surface area contributed by atoms with Crippen LogP contribution in [0.4, 0.5) is 0 Å². The number of fused-ring (bicyclic) bond motifs is 1. The van der Waals surface area contributed by atoms with Gasteiger partial charge in [-0.15, -0.1) is 0 Å². The summed E-state index contributed by atoms with van der Waals surface area (Å²) in [6, 6.07) is 0. The van der Waals surface area contributed by atoms with Crippen LogP contribution in [0.15, 0.2) is 0 Å². The average Bonchev–Trinajstić information content (AvgIpc) is 2.71. The number of Topliss-reactive ketones (excluding diaryl/α,β-unsaturated/α-hetero) is 1. The molecule has 2 aliphatic rings. The zero-order valence-corrected chi connectivity index (χ0v) is 8.42. The van der Waals surface area contributed by atoms with Gasteiger partial charge in [0, 0.05) is 11.8 Å². The van der Waals surface area contributed by atoms with Gasteiger partial charge in [0.15, 0.2) is 0 Å². The molecule has 1 heteroatoms. The summed E-state index contributed by atoms with van der Waals surface area (Å²) in [5, 5.41) is 0. The summed E-state index contributed by atoms with van der Waals surface area (Å²) in [5.41, 5.74) is 0.413. The van der Waals surface area contributed by atoms with Gasteiger partial charge in [0.25, 0.3) is 0 Å². The summed E-state index contributed by atoms with van der Waals surface area (Å²) < 4.78 is 0. The molecule has 0 amide bonds. The van der Waals surface area contributed by atoms with Gasteiger partial charge in [-0.2, -0.15) is 0 Å². The standard InChI is InChI=1S/C11H18O/c1-6(2)11-5-9(11)7(3)10(12)8(11)4/h6-9H,5H2,1-4H3. The highest BCUT2D eigenvalue weighted by Crippen LogP contribution is 2.70. The van der Waals surface area contributed by atoms with E-state index < -0.39 is 0 Å². The van der Waals surface area contributed by atoms with Crippen LogP contribution in [0.5, 0.6) is 0 Å². The summed E-state index contributed by atoms with van der Waals surface area (Å²) in [5.74, 6) is 2.60. The van der Waals surface area contributed by atoms with Gasteiger partial charge in [0.1, 0.15) is 5.78 Å². The number of carbonyl (C=O) groups excluding carboxylic acids is 1. The van der Waals surface area contributed by atoms with Crippen molar-refractivity contribution in [2.75, 3.05) is 0 Å². The number of carbonyl (C=O) groups is 1. The monoisotopic (exact) mass is 166 g/mol. The minimum atomic E-state index is 0.331. The molecule has 0 aliphatic heterocycles. The van der Waals surface area contributed by atoms with Crippen molar-refractivity contribution in [2.24, 2.45) is 29.1 Å². The fraction of sp³-hybridized carbons (Fsp3) is 0.909. The normalized spacial score (nSPS) is 51.4. The maximum atomic E-state index is 11.7. The van der Waals surface area contributed by atoms with Gasteiger partial charge in [-0.3, -0.25) is 4.79 Å². The van der Waals surface area contributed by atoms with Crippen LogP contribution in [0.2, 0.25) is 0 Å². The second-order valence-corrected chi connectivity index (χ2v) is 4.99. The van der Waals surface area contributed by atoms with E-state index in [2.05, 4.69) is 27.7 Å². The van der Waals surface area contributed by atoms with E-state index in [1.54, 1.807) is 0 Å². The van der Waals surface area contributed by atoms with Crippen LogP contribution >= 0.6 is 0 Å². The topological polar surface area (TPSA) is 17.1 Å². The van der Waals surface area contributed by atoms with Crippen LogP contribution in [0.1, 0.15) is 34.1 Å². The van der Waals surface area contributed by atoms with Gasteiger partial charge in [0.05, 0.1) is 0 Å². The first kappa shape index (κ1) is 8.28. The first-order valence-corrected chi connectivity index (χ1v) is 5.05. The maximum absolute atomic E-state index is 11.7. The Labute approximate surface area is 74.5 Å². The molecule has 2 fully saturated rings. The van der Waals surface area contributed by atoms with E-state index >= 15 is 0 Å². The molecule has 12 heavy (non-hydrogen) atoms. The molecular formula is C11H18O. The van der Waals surface area contributed by atoms with E-state index in [0.29, 0.717) is 29.0 Å². The Morgan fingerprint density at radius 2 is 2.00 bits per heavy atom. The molecule has 0 aromatic rings. The minimum absolute atomic E-state index is 0.331. The molecule has 1 nitrogen and oxygen atoms in total. The molecular weight excluding hydrogens is 148 g/mol. The van der Waals surface area contributed by atoms with E-state index in [9.17, 15) is 4.79 Å². The molecule has 0 spiro atoms. The highest BCUT2D eigenvalue weighted by Gasteiger charge is 2.68. The van der Waals surface area contributed by atoms with E-state index in [1.807, 2.05) is 0 Å². The van der Waals surface area contributed by atoms with Crippen molar-refractivity contribution < 1.29 is 4.79 Å². The largest absolute Gasteiger partial charge is 0.299 e. The Morgan fingerprint density at radius 3 is 2.25 bits per heavy atom. The molecule has 0 bridgehead atoms. The molecule has 0 aromatic carbocycles. The first-order chi connectivity index (χ1) is 5.51. The van der Waals surface area contributed by atoms with Crippen LogP contribution in [-0.2, 0) is 4.79 Å². The molecule has 2 rings (SSSR count). The second kappa shape index (κ2) is 2.12. The smallest absolute Gasteiger partial charge is 0.139 e. The number of hydrogen-bond donors (Lipinski definition) is 0. The lowest BCUT2D eigenvalue weighted by atomic mass is 9.82. The van der Waals surface area contributed by atoms with Gasteiger partial charge in [-0.25, -0.2) is 0 Å². The minimum Gasteiger partial charge on any atom is -0.299 e. The lowest BCUT2D eigenvalue weighted by Crippen LogP contribution is -2.22. The van der Waals surface area contributed by atoms with Crippen molar-refractivity contribution in [2.45, 2.75) is 34.1 Å². The molecule has 0 heterocycles. The van der Waals surface area contributed by atoms with Gasteiger partial charge in [0.2, 0.25) is 0 Å². The molecule has 4 unspecified atom stereocenters. The molecule has 0 radical (unpaired) electrons. The van der Waals surface area contributed by atoms with E-state index in [-0.39, 0.29) is 0 Å². The Balaban J connectivity index is 2.30. The van der Waals surface area contributed by atoms with Crippen LogP contribution in [0, 0.1) is 29.1 Å². The molecule has 2 saturated carbocycles. The Bertz CT molecular complexity index is 231. The van der Waals surface area contributed by atoms with Crippen LogP contribution in [0.3, 0.4) is 0 Å². The van der Waals surface area contributed by atoms with E-state index in [1.165, 1.54) is 6.42 Å². The predicted molar refractivity (Wildman–Crippen MR) is 48.7 cm³/mol. The highest BCUT2D eigenvalue weighted by molar-refractivity contribution is 5.88. The van der Waals surface area contributed by atoms with Crippen molar-refractivity contribution in [3.63, 3.8) is 0 Å². The SMILES string of the molecule is CC1C(=O)C(C)C2(C(C)C)CC12. The zero-order valence-electron chi connectivity index (χ0n) is 8.42. The van der Waals surface area contributed by atoms with Crippen molar-refractivity contribution >= 4 is 5.78 Å². The van der Waals surface area contributed by atoms with Gasteiger partial charge >= 0.3 is 0 Å². The number of ketones is 1. The van der Waals surface area contributed by atoms with Crippen molar-refractivity contribution in [1.29, 1.82) is 0 Å². The lowest BCUT2D eigenvalue weighted by Gasteiger charge is -2.22. The molecule has 2 aliphatic carbocycles.